The van der Waals surface area contributed by atoms with E-state index in [-0.39, 0.29) is 11.8 Å². The third-order valence-electron chi connectivity index (χ3n) is 4.32. The van der Waals surface area contributed by atoms with Crippen LogP contribution in [-0.2, 0) is 0 Å². The predicted octanol–water partition coefficient (Wildman–Crippen LogP) is 3.16. The molecule has 5 nitrogen and oxygen atoms in total. The molecule has 26 heavy (non-hydrogen) atoms. The van der Waals surface area contributed by atoms with Gasteiger partial charge in [-0.15, -0.1) is 0 Å². The molecule has 0 saturated carbocycles. The molecule has 0 bridgehead atoms. The molecule has 0 spiro atoms. The van der Waals surface area contributed by atoms with Crippen LogP contribution in [0.1, 0.15) is 35.2 Å². The fraction of sp³-hybridized carbons (Fsp3) is 0.238. The van der Waals surface area contributed by atoms with Crippen LogP contribution < -0.4 is 5.32 Å². The summed E-state index contributed by atoms with van der Waals surface area (Å²) in [5.74, 6) is -0.0597. The van der Waals surface area contributed by atoms with E-state index in [1.807, 2.05) is 59.3 Å². The lowest BCUT2D eigenvalue weighted by Crippen LogP contribution is -2.29. The molecule has 2 unspecified atom stereocenters. The van der Waals surface area contributed by atoms with Gasteiger partial charge in [0, 0.05) is 36.1 Å². The van der Waals surface area contributed by atoms with Gasteiger partial charge in [-0.05, 0) is 37.1 Å². The smallest absolute Gasteiger partial charge is 0.251 e. The first-order valence-corrected chi connectivity index (χ1v) is 8.73. The Kier molecular flexibility index (Phi) is 5.81. The van der Waals surface area contributed by atoms with Crippen LogP contribution in [0.25, 0.3) is 5.69 Å². The molecule has 0 aliphatic heterocycles. The van der Waals surface area contributed by atoms with Crippen molar-refractivity contribution in [2.75, 3.05) is 6.54 Å². The van der Waals surface area contributed by atoms with Crippen molar-refractivity contribution in [3.05, 3.63) is 84.4 Å². The lowest BCUT2D eigenvalue weighted by molar-refractivity contribution is 0.0945. The number of amides is 1. The van der Waals surface area contributed by atoms with Crippen LogP contribution in [0.15, 0.2) is 73.3 Å². The average molecular weight is 349 g/mol. The van der Waals surface area contributed by atoms with E-state index in [0.717, 1.165) is 11.3 Å². The van der Waals surface area contributed by atoms with Gasteiger partial charge in [-0.1, -0.05) is 36.4 Å². The number of imidazole rings is 1. The van der Waals surface area contributed by atoms with E-state index in [9.17, 15) is 9.90 Å². The summed E-state index contributed by atoms with van der Waals surface area (Å²) in [6.45, 7) is 2.25. The Morgan fingerprint density at radius 1 is 1.19 bits per heavy atom. The van der Waals surface area contributed by atoms with Crippen LogP contribution in [0.2, 0.25) is 0 Å². The molecule has 1 amide bonds. The highest BCUT2D eigenvalue weighted by Gasteiger charge is 2.16. The summed E-state index contributed by atoms with van der Waals surface area (Å²) < 4.78 is 1.86. The predicted molar refractivity (Wildman–Crippen MR) is 101 cm³/mol. The van der Waals surface area contributed by atoms with Crippen molar-refractivity contribution in [2.45, 2.75) is 25.4 Å². The van der Waals surface area contributed by atoms with Gasteiger partial charge < -0.3 is 15.0 Å². The van der Waals surface area contributed by atoms with Crippen molar-refractivity contribution < 1.29 is 9.90 Å². The summed E-state index contributed by atoms with van der Waals surface area (Å²) in [7, 11) is 0. The highest BCUT2D eigenvalue weighted by molar-refractivity contribution is 5.94. The average Bonchev–Trinajstić information content (AvgIpc) is 3.20. The Balaban J connectivity index is 1.69. The Morgan fingerprint density at radius 3 is 2.69 bits per heavy atom. The Labute approximate surface area is 153 Å². The van der Waals surface area contributed by atoms with Gasteiger partial charge in [-0.25, -0.2) is 4.98 Å². The zero-order valence-corrected chi connectivity index (χ0v) is 14.7. The van der Waals surface area contributed by atoms with Gasteiger partial charge in [0.25, 0.3) is 5.91 Å². The molecule has 2 N–H and O–H groups in total. The first kappa shape index (κ1) is 17.9. The number of benzene rings is 2. The van der Waals surface area contributed by atoms with Crippen LogP contribution in [-0.4, -0.2) is 33.2 Å². The summed E-state index contributed by atoms with van der Waals surface area (Å²) in [5.41, 5.74) is 2.60. The maximum absolute atomic E-state index is 12.6. The summed E-state index contributed by atoms with van der Waals surface area (Å²) in [6.07, 6.45) is 5.41. The van der Waals surface area contributed by atoms with E-state index in [1.165, 1.54) is 0 Å². The monoisotopic (exact) mass is 349 g/mol. The van der Waals surface area contributed by atoms with Gasteiger partial charge in [0.05, 0.1) is 12.4 Å². The number of aliphatic hydroxyl groups excluding tert-OH is 1. The van der Waals surface area contributed by atoms with E-state index in [0.29, 0.717) is 18.5 Å². The van der Waals surface area contributed by atoms with Gasteiger partial charge in [-0.3, -0.25) is 4.79 Å². The molecule has 0 saturated heterocycles. The highest BCUT2D eigenvalue weighted by Crippen LogP contribution is 2.21. The van der Waals surface area contributed by atoms with Crippen molar-refractivity contribution in [1.29, 1.82) is 0 Å². The molecule has 2 atom stereocenters. The van der Waals surface area contributed by atoms with Crippen molar-refractivity contribution in [2.24, 2.45) is 0 Å². The van der Waals surface area contributed by atoms with Gasteiger partial charge in [-0.2, -0.15) is 0 Å². The molecule has 0 aliphatic carbocycles. The lowest BCUT2D eigenvalue weighted by atomic mass is 9.93. The number of carbonyl (C=O) groups is 1. The van der Waals surface area contributed by atoms with Crippen molar-refractivity contribution >= 4 is 5.91 Å². The van der Waals surface area contributed by atoms with Crippen LogP contribution in [0.5, 0.6) is 0 Å². The standard InChI is InChI=1S/C21H23N3O2/c1-16(25)12-19(17-6-3-2-4-7-17)14-23-21(26)18-8-5-9-20(13-18)24-11-10-22-15-24/h2-11,13,15-16,19,25H,12,14H2,1H3,(H,23,26). The quantitative estimate of drug-likeness (QED) is 0.688. The molecule has 0 radical (unpaired) electrons. The summed E-state index contributed by atoms with van der Waals surface area (Å²) in [5, 5.41) is 12.8. The second-order valence-electron chi connectivity index (χ2n) is 6.42. The molecule has 0 fully saturated rings. The minimum absolute atomic E-state index is 0.0666. The molecular formula is C21H23N3O2. The van der Waals surface area contributed by atoms with Crippen molar-refractivity contribution in [3.8, 4) is 5.69 Å². The minimum Gasteiger partial charge on any atom is -0.393 e. The number of carbonyl (C=O) groups excluding carboxylic acids is 1. The van der Waals surface area contributed by atoms with E-state index in [4.69, 9.17) is 0 Å². The van der Waals surface area contributed by atoms with Crippen LogP contribution in [0.4, 0.5) is 0 Å². The van der Waals surface area contributed by atoms with E-state index in [2.05, 4.69) is 10.3 Å². The molecule has 134 valence electrons. The van der Waals surface area contributed by atoms with Gasteiger partial charge in [0.2, 0.25) is 0 Å². The number of rotatable bonds is 7. The molecular weight excluding hydrogens is 326 g/mol. The topological polar surface area (TPSA) is 67.2 Å². The largest absolute Gasteiger partial charge is 0.393 e. The maximum atomic E-state index is 12.6. The Morgan fingerprint density at radius 2 is 2.00 bits per heavy atom. The van der Waals surface area contributed by atoms with Gasteiger partial charge in [0.15, 0.2) is 0 Å². The van der Waals surface area contributed by atoms with Crippen LogP contribution in [0, 0.1) is 0 Å². The second-order valence-corrected chi connectivity index (χ2v) is 6.42. The fourth-order valence-corrected chi connectivity index (χ4v) is 3.01. The second kappa shape index (κ2) is 8.45. The van der Waals surface area contributed by atoms with Gasteiger partial charge >= 0.3 is 0 Å². The summed E-state index contributed by atoms with van der Waals surface area (Å²) in [4.78, 5) is 16.6. The molecule has 1 heterocycles. The molecule has 1 aromatic heterocycles. The number of hydrogen-bond donors (Lipinski definition) is 2. The zero-order chi connectivity index (χ0) is 18.4. The molecule has 0 aliphatic rings. The molecule has 3 rings (SSSR count). The summed E-state index contributed by atoms with van der Waals surface area (Å²) in [6, 6.07) is 17.4. The fourth-order valence-electron chi connectivity index (χ4n) is 3.01. The lowest BCUT2D eigenvalue weighted by Gasteiger charge is -2.20. The minimum atomic E-state index is -0.429. The van der Waals surface area contributed by atoms with Crippen LogP contribution in [0.3, 0.4) is 0 Å². The first-order chi connectivity index (χ1) is 12.6. The number of nitrogens with one attached hydrogen (secondary N) is 1. The first-order valence-electron chi connectivity index (χ1n) is 8.73. The van der Waals surface area contributed by atoms with Crippen LogP contribution >= 0.6 is 0 Å². The number of aromatic nitrogens is 2. The highest BCUT2D eigenvalue weighted by atomic mass is 16.3. The van der Waals surface area contributed by atoms with E-state index in [1.54, 1.807) is 25.5 Å². The molecule has 5 heteroatoms. The SMILES string of the molecule is CC(O)CC(CNC(=O)c1cccc(-n2ccnc2)c1)c1ccccc1. The van der Waals surface area contributed by atoms with Crippen molar-refractivity contribution in [1.82, 2.24) is 14.9 Å². The number of hydrogen-bond acceptors (Lipinski definition) is 3. The van der Waals surface area contributed by atoms with Crippen molar-refractivity contribution in [3.63, 3.8) is 0 Å². The Hall–Kier alpha value is -2.92. The molecule has 2 aromatic carbocycles. The number of aliphatic hydroxyl groups is 1. The third kappa shape index (κ3) is 4.58. The molecule has 3 aromatic rings. The third-order valence-corrected chi connectivity index (χ3v) is 4.32. The van der Waals surface area contributed by atoms with E-state index < -0.39 is 6.10 Å². The number of nitrogens with zero attached hydrogens (tertiary/aromatic N) is 2. The maximum Gasteiger partial charge on any atom is 0.251 e. The Bertz CT molecular complexity index is 829. The van der Waals surface area contributed by atoms with Gasteiger partial charge in [0.1, 0.15) is 0 Å². The van der Waals surface area contributed by atoms with E-state index >= 15 is 0 Å². The summed E-state index contributed by atoms with van der Waals surface area (Å²) >= 11 is 0. The zero-order valence-electron chi connectivity index (χ0n) is 14.7. The normalized spacial score (nSPS) is 13.2.